The first-order valence-electron chi connectivity index (χ1n) is 9.61. The molecule has 2 aromatic heterocycles. The maximum absolute atomic E-state index is 12.3. The van der Waals surface area contributed by atoms with Gasteiger partial charge in [0.05, 0.1) is 11.3 Å². The number of carbonyl (C=O) groups excluding carboxylic acids is 1. The Balaban J connectivity index is 1.51. The lowest BCUT2D eigenvalue weighted by Crippen LogP contribution is -2.16. The number of benzene rings is 2. The number of Topliss-reactive ketones (excluding diaryl/α,β-unsaturated/α-hetero) is 1. The summed E-state index contributed by atoms with van der Waals surface area (Å²) >= 11 is 0. The fourth-order valence-electron chi connectivity index (χ4n) is 3.25. The van der Waals surface area contributed by atoms with Crippen molar-refractivity contribution >= 4 is 23.1 Å². The van der Waals surface area contributed by atoms with Gasteiger partial charge in [-0.25, -0.2) is 4.52 Å². The number of aromatic nitrogens is 3. The van der Waals surface area contributed by atoms with Crippen LogP contribution in [0.25, 0.3) is 16.8 Å². The molecule has 0 spiro atoms. The number of carbonyl (C=O) groups is 1. The van der Waals surface area contributed by atoms with Crippen molar-refractivity contribution in [1.29, 1.82) is 5.26 Å². The average molecular weight is 435 g/mol. The Morgan fingerprint density at radius 2 is 1.75 bits per heavy atom. The molecule has 0 fully saturated rings. The standard InChI is InChI=1S/C23H16F3N5O/c24-23(25,26)12-19(32)11-15-5-7-16(8-6-15)18-9-10-21-29-22(30-31(21)14-18)28-20-4-2-1-3-17(20)13-27/h1-10,14H,11-12H2,(H,28,30). The number of anilines is 2. The number of nitriles is 1. The van der Waals surface area contributed by atoms with E-state index in [1.165, 1.54) is 0 Å². The number of nitrogens with zero attached hydrogens (tertiary/aromatic N) is 4. The summed E-state index contributed by atoms with van der Waals surface area (Å²) in [7, 11) is 0. The first kappa shape index (κ1) is 21.1. The van der Waals surface area contributed by atoms with E-state index in [0.29, 0.717) is 28.4 Å². The fourth-order valence-corrected chi connectivity index (χ4v) is 3.25. The third-order valence-electron chi connectivity index (χ3n) is 4.71. The van der Waals surface area contributed by atoms with Gasteiger partial charge >= 0.3 is 6.18 Å². The van der Waals surface area contributed by atoms with Gasteiger partial charge in [-0.15, -0.1) is 5.10 Å². The molecule has 2 heterocycles. The van der Waals surface area contributed by atoms with E-state index >= 15 is 0 Å². The van der Waals surface area contributed by atoms with E-state index in [4.69, 9.17) is 0 Å². The van der Waals surface area contributed by atoms with Crippen molar-refractivity contribution in [1.82, 2.24) is 14.6 Å². The monoisotopic (exact) mass is 435 g/mol. The summed E-state index contributed by atoms with van der Waals surface area (Å²) in [5.41, 5.74) is 3.83. The van der Waals surface area contributed by atoms with Crippen LogP contribution in [-0.4, -0.2) is 26.6 Å². The number of para-hydroxylation sites is 1. The van der Waals surface area contributed by atoms with Gasteiger partial charge in [-0.1, -0.05) is 36.4 Å². The Bertz CT molecular complexity index is 1320. The first-order valence-corrected chi connectivity index (χ1v) is 9.61. The number of nitrogens with one attached hydrogen (secondary N) is 1. The number of hydrogen-bond donors (Lipinski definition) is 1. The molecule has 6 nitrogen and oxygen atoms in total. The van der Waals surface area contributed by atoms with E-state index in [2.05, 4.69) is 21.5 Å². The Morgan fingerprint density at radius 3 is 2.47 bits per heavy atom. The van der Waals surface area contributed by atoms with Crippen LogP contribution < -0.4 is 5.32 Å². The van der Waals surface area contributed by atoms with Crippen LogP contribution in [0.15, 0.2) is 66.9 Å². The second-order valence-electron chi connectivity index (χ2n) is 7.14. The summed E-state index contributed by atoms with van der Waals surface area (Å²) in [4.78, 5) is 15.9. The molecule has 0 amide bonds. The summed E-state index contributed by atoms with van der Waals surface area (Å²) < 4.78 is 38.6. The zero-order valence-electron chi connectivity index (χ0n) is 16.6. The van der Waals surface area contributed by atoms with Gasteiger partial charge in [0.15, 0.2) is 5.65 Å². The van der Waals surface area contributed by atoms with E-state index in [9.17, 15) is 23.2 Å². The minimum Gasteiger partial charge on any atom is -0.322 e. The van der Waals surface area contributed by atoms with Crippen molar-refractivity contribution in [2.24, 2.45) is 0 Å². The van der Waals surface area contributed by atoms with Gasteiger partial charge in [0.2, 0.25) is 5.95 Å². The Labute approximate surface area is 180 Å². The van der Waals surface area contributed by atoms with Gasteiger partial charge in [-0.3, -0.25) is 4.79 Å². The topological polar surface area (TPSA) is 83.1 Å². The minimum absolute atomic E-state index is 0.263. The van der Waals surface area contributed by atoms with E-state index in [1.54, 1.807) is 65.3 Å². The molecule has 0 aliphatic heterocycles. The Hall–Kier alpha value is -4.19. The lowest BCUT2D eigenvalue weighted by molar-refractivity contribution is -0.151. The SMILES string of the molecule is N#Cc1ccccc1Nc1nc2ccc(-c3ccc(CC(=O)CC(F)(F)F)cc3)cn2n1. The first-order chi connectivity index (χ1) is 15.3. The van der Waals surface area contributed by atoms with Gasteiger partial charge in [0, 0.05) is 18.2 Å². The maximum Gasteiger partial charge on any atom is 0.395 e. The highest BCUT2D eigenvalue weighted by Gasteiger charge is 2.30. The van der Waals surface area contributed by atoms with E-state index in [1.807, 2.05) is 6.07 Å². The van der Waals surface area contributed by atoms with Crippen molar-refractivity contribution in [3.63, 3.8) is 0 Å². The molecule has 9 heteroatoms. The molecule has 0 bridgehead atoms. The molecular formula is C23H16F3N5O. The predicted molar refractivity (Wildman–Crippen MR) is 112 cm³/mol. The average Bonchev–Trinajstić information content (AvgIpc) is 3.15. The summed E-state index contributed by atoms with van der Waals surface area (Å²) in [6.07, 6.45) is -4.41. The van der Waals surface area contributed by atoms with Gasteiger partial charge in [0.25, 0.3) is 0 Å². The zero-order valence-corrected chi connectivity index (χ0v) is 16.6. The lowest BCUT2D eigenvalue weighted by Gasteiger charge is -2.07. The van der Waals surface area contributed by atoms with Crippen LogP contribution >= 0.6 is 0 Å². The van der Waals surface area contributed by atoms with Gasteiger partial charge < -0.3 is 5.32 Å². The van der Waals surface area contributed by atoms with Crippen molar-refractivity contribution in [2.45, 2.75) is 19.0 Å². The molecule has 32 heavy (non-hydrogen) atoms. The van der Waals surface area contributed by atoms with Crippen LogP contribution in [0.5, 0.6) is 0 Å². The molecule has 0 saturated carbocycles. The van der Waals surface area contributed by atoms with Crippen molar-refractivity contribution in [3.8, 4) is 17.2 Å². The van der Waals surface area contributed by atoms with Crippen LogP contribution in [-0.2, 0) is 11.2 Å². The minimum atomic E-state index is -4.49. The highest BCUT2D eigenvalue weighted by Crippen LogP contribution is 2.24. The number of rotatable bonds is 6. The molecule has 0 aliphatic rings. The van der Waals surface area contributed by atoms with Gasteiger partial charge in [-0.2, -0.15) is 23.4 Å². The number of pyridine rings is 1. The summed E-state index contributed by atoms with van der Waals surface area (Å²) in [6.45, 7) is 0. The van der Waals surface area contributed by atoms with Crippen LogP contribution in [0.3, 0.4) is 0 Å². The maximum atomic E-state index is 12.3. The zero-order chi connectivity index (χ0) is 22.7. The third-order valence-corrected chi connectivity index (χ3v) is 4.71. The number of fused-ring (bicyclic) bond motifs is 1. The van der Waals surface area contributed by atoms with Gasteiger partial charge in [0.1, 0.15) is 18.3 Å². The number of ketones is 1. The van der Waals surface area contributed by atoms with Crippen molar-refractivity contribution < 1.29 is 18.0 Å². The molecule has 160 valence electrons. The summed E-state index contributed by atoms with van der Waals surface area (Å²) in [5.74, 6) is -0.532. The highest BCUT2D eigenvalue weighted by molar-refractivity contribution is 5.81. The quantitative estimate of drug-likeness (QED) is 0.457. The summed E-state index contributed by atoms with van der Waals surface area (Å²) in [5, 5.41) is 16.6. The fraction of sp³-hybridized carbons (Fsp3) is 0.130. The molecule has 0 aliphatic carbocycles. The smallest absolute Gasteiger partial charge is 0.322 e. The highest BCUT2D eigenvalue weighted by atomic mass is 19.4. The Kier molecular flexibility index (Phi) is 5.60. The van der Waals surface area contributed by atoms with E-state index in [-0.39, 0.29) is 6.42 Å². The number of halogens is 3. The molecule has 0 unspecified atom stereocenters. The number of alkyl halides is 3. The van der Waals surface area contributed by atoms with Crippen LogP contribution in [0.4, 0.5) is 24.8 Å². The molecule has 0 saturated heterocycles. The Morgan fingerprint density at radius 1 is 1.03 bits per heavy atom. The van der Waals surface area contributed by atoms with Crippen molar-refractivity contribution in [3.05, 3.63) is 78.0 Å². The third kappa shape index (κ3) is 4.92. The normalized spacial score (nSPS) is 11.3. The molecule has 0 radical (unpaired) electrons. The van der Waals surface area contributed by atoms with Crippen LogP contribution in [0.1, 0.15) is 17.5 Å². The number of hydrogen-bond acceptors (Lipinski definition) is 5. The van der Waals surface area contributed by atoms with Crippen LogP contribution in [0, 0.1) is 11.3 Å². The second-order valence-corrected chi connectivity index (χ2v) is 7.14. The van der Waals surface area contributed by atoms with Gasteiger partial charge in [-0.05, 0) is 35.4 Å². The molecule has 1 N–H and O–H groups in total. The predicted octanol–water partition coefficient (Wildman–Crippen LogP) is 5.08. The molecule has 0 atom stereocenters. The largest absolute Gasteiger partial charge is 0.395 e. The van der Waals surface area contributed by atoms with E-state index in [0.717, 1.165) is 11.1 Å². The molecular weight excluding hydrogens is 419 g/mol. The molecule has 4 rings (SSSR count). The lowest BCUT2D eigenvalue weighted by atomic mass is 10.0. The van der Waals surface area contributed by atoms with E-state index < -0.39 is 18.4 Å². The molecule has 2 aromatic carbocycles. The van der Waals surface area contributed by atoms with Crippen molar-refractivity contribution in [2.75, 3.05) is 5.32 Å². The molecule has 4 aromatic rings. The second kappa shape index (κ2) is 8.51. The summed E-state index contributed by atoms with van der Waals surface area (Å²) in [6, 6.07) is 19.5. The van der Waals surface area contributed by atoms with Crippen LogP contribution in [0.2, 0.25) is 0 Å².